The van der Waals surface area contributed by atoms with Crippen LogP contribution >= 0.6 is 15.9 Å². The molecule has 9 nitrogen and oxygen atoms in total. The molecule has 0 heterocycles. The number of halogens is 1. The van der Waals surface area contributed by atoms with Gasteiger partial charge in [0.15, 0.2) is 23.0 Å². The molecule has 182 valence electrons. The van der Waals surface area contributed by atoms with E-state index in [0.717, 1.165) is 4.47 Å². The third-order valence-electron chi connectivity index (χ3n) is 4.76. The van der Waals surface area contributed by atoms with Gasteiger partial charge in [-0.25, -0.2) is 10.2 Å². The topological polar surface area (TPSA) is 105 Å². The van der Waals surface area contributed by atoms with Crippen molar-refractivity contribution in [1.29, 1.82) is 0 Å². The zero-order valence-corrected chi connectivity index (χ0v) is 21.0. The molecule has 0 unspecified atom stereocenters. The summed E-state index contributed by atoms with van der Waals surface area (Å²) in [5.74, 6) is 0.639. The number of nitrogens with zero attached hydrogens (tertiary/aromatic N) is 1. The van der Waals surface area contributed by atoms with Crippen molar-refractivity contribution in [1.82, 2.24) is 5.43 Å². The summed E-state index contributed by atoms with van der Waals surface area (Å²) < 4.78 is 27.4. The van der Waals surface area contributed by atoms with Crippen molar-refractivity contribution in [3.8, 4) is 28.7 Å². The van der Waals surface area contributed by atoms with E-state index in [1.807, 2.05) is 6.07 Å². The molecule has 3 rings (SSSR count). The number of amides is 1. The van der Waals surface area contributed by atoms with Gasteiger partial charge in [-0.15, -0.1) is 0 Å². The van der Waals surface area contributed by atoms with Crippen molar-refractivity contribution < 1.29 is 33.3 Å². The fraction of sp³-hybridized carbons (Fsp3) is 0.160. The van der Waals surface area contributed by atoms with Crippen molar-refractivity contribution in [2.45, 2.75) is 0 Å². The number of ether oxygens (including phenoxy) is 5. The molecule has 0 spiro atoms. The molecule has 0 saturated heterocycles. The van der Waals surface area contributed by atoms with E-state index in [-0.39, 0.29) is 11.3 Å². The van der Waals surface area contributed by atoms with Gasteiger partial charge in [-0.05, 0) is 54.1 Å². The van der Waals surface area contributed by atoms with Gasteiger partial charge in [0.05, 0.1) is 40.2 Å². The minimum absolute atomic E-state index is 0.246. The molecule has 10 heteroatoms. The van der Waals surface area contributed by atoms with Gasteiger partial charge in [-0.2, -0.15) is 5.10 Å². The van der Waals surface area contributed by atoms with E-state index in [9.17, 15) is 9.59 Å². The van der Waals surface area contributed by atoms with Gasteiger partial charge in [0, 0.05) is 10.0 Å². The summed E-state index contributed by atoms with van der Waals surface area (Å²) in [6, 6.07) is 14.8. The lowest BCUT2D eigenvalue weighted by atomic mass is 10.1. The number of carbonyl (C=O) groups is 2. The largest absolute Gasteiger partial charge is 0.493 e. The molecule has 0 aliphatic carbocycles. The van der Waals surface area contributed by atoms with Gasteiger partial charge in [-0.1, -0.05) is 22.0 Å². The smallest absolute Gasteiger partial charge is 0.343 e. The second-order valence-corrected chi connectivity index (χ2v) is 7.84. The Morgan fingerprint density at radius 1 is 0.800 bits per heavy atom. The second kappa shape index (κ2) is 11.9. The van der Waals surface area contributed by atoms with Crippen molar-refractivity contribution in [2.24, 2.45) is 5.10 Å². The highest BCUT2D eigenvalue weighted by atomic mass is 79.9. The van der Waals surface area contributed by atoms with E-state index in [4.69, 9.17) is 23.7 Å². The van der Waals surface area contributed by atoms with Gasteiger partial charge < -0.3 is 23.7 Å². The molecule has 0 radical (unpaired) electrons. The summed E-state index contributed by atoms with van der Waals surface area (Å²) >= 11 is 3.33. The zero-order chi connectivity index (χ0) is 25.4. The first kappa shape index (κ1) is 25.6. The number of hydrogen-bond donors (Lipinski definition) is 1. The molecule has 0 bridgehead atoms. The van der Waals surface area contributed by atoms with E-state index in [0.29, 0.717) is 34.1 Å². The normalized spacial score (nSPS) is 10.5. The molecule has 1 amide bonds. The van der Waals surface area contributed by atoms with Crippen molar-refractivity contribution >= 4 is 34.0 Å². The Bertz CT molecular complexity index is 1240. The molecular weight excluding hydrogens is 520 g/mol. The Morgan fingerprint density at radius 2 is 1.49 bits per heavy atom. The van der Waals surface area contributed by atoms with Gasteiger partial charge in [0.2, 0.25) is 5.75 Å². The van der Waals surface area contributed by atoms with Crippen molar-refractivity contribution in [2.75, 3.05) is 28.4 Å². The highest BCUT2D eigenvalue weighted by Crippen LogP contribution is 2.38. The molecule has 0 atom stereocenters. The Morgan fingerprint density at radius 3 is 2.09 bits per heavy atom. The summed E-state index contributed by atoms with van der Waals surface area (Å²) in [6.45, 7) is 0. The van der Waals surface area contributed by atoms with Gasteiger partial charge in [0.25, 0.3) is 5.91 Å². The van der Waals surface area contributed by atoms with Gasteiger partial charge in [0.1, 0.15) is 0 Å². The molecule has 3 aromatic rings. The quantitative estimate of drug-likeness (QED) is 0.184. The number of rotatable bonds is 9. The third-order valence-corrected chi connectivity index (χ3v) is 5.25. The lowest BCUT2D eigenvalue weighted by molar-refractivity contribution is 0.0729. The van der Waals surface area contributed by atoms with Crippen LogP contribution in [-0.4, -0.2) is 46.5 Å². The van der Waals surface area contributed by atoms with E-state index in [1.165, 1.54) is 46.8 Å². The predicted molar refractivity (Wildman–Crippen MR) is 133 cm³/mol. The first-order valence-electron chi connectivity index (χ1n) is 10.2. The van der Waals surface area contributed by atoms with Crippen LogP contribution in [0.4, 0.5) is 0 Å². The highest BCUT2D eigenvalue weighted by Gasteiger charge is 2.17. The highest BCUT2D eigenvalue weighted by molar-refractivity contribution is 9.10. The molecule has 1 N–H and O–H groups in total. The summed E-state index contributed by atoms with van der Waals surface area (Å²) in [6.07, 6.45) is 1.43. The Hall–Kier alpha value is -4.05. The van der Waals surface area contributed by atoms with Crippen molar-refractivity contribution in [3.63, 3.8) is 0 Å². The first-order valence-corrected chi connectivity index (χ1v) is 11.0. The average molecular weight is 543 g/mol. The van der Waals surface area contributed by atoms with E-state index < -0.39 is 11.9 Å². The standard InChI is InChI=1S/C25H23BrN2O7/c1-31-20-10-15(8-9-19(20)35-25(30)16-6-5-7-18(26)11-16)14-27-28-24(29)17-12-21(32-2)23(34-4)22(13-17)33-3/h5-14H,1-4H3,(H,28,29). The van der Waals surface area contributed by atoms with E-state index in [2.05, 4.69) is 26.5 Å². The maximum absolute atomic E-state index is 12.6. The molecule has 0 aromatic heterocycles. The van der Waals surface area contributed by atoms with Crippen LogP contribution in [0.1, 0.15) is 26.3 Å². The summed E-state index contributed by atoms with van der Waals surface area (Å²) in [7, 11) is 5.86. The van der Waals surface area contributed by atoms with Gasteiger partial charge >= 0.3 is 5.97 Å². The molecule has 0 saturated carbocycles. The van der Waals surface area contributed by atoms with Crippen LogP contribution in [-0.2, 0) is 0 Å². The lowest BCUT2D eigenvalue weighted by Gasteiger charge is -2.13. The number of hydrazone groups is 1. The maximum atomic E-state index is 12.6. The SMILES string of the molecule is COc1cc(C=NNC(=O)c2cc(OC)c(OC)c(OC)c2)ccc1OC(=O)c1cccc(Br)c1. The molecule has 0 aliphatic heterocycles. The van der Waals surface area contributed by atoms with Crippen LogP contribution in [0.3, 0.4) is 0 Å². The van der Waals surface area contributed by atoms with E-state index in [1.54, 1.807) is 36.4 Å². The summed E-state index contributed by atoms with van der Waals surface area (Å²) in [4.78, 5) is 25.0. The Kier molecular flexibility index (Phi) is 8.69. The lowest BCUT2D eigenvalue weighted by Crippen LogP contribution is -2.18. The van der Waals surface area contributed by atoms with Crippen molar-refractivity contribution in [3.05, 3.63) is 75.8 Å². The third kappa shape index (κ3) is 6.30. The average Bonchev–Trinajstić information content (AvgIpc) is 2.88. The van der Waals surface area contributed by atoms with Crippen LogP contribution in [0, 0.1) is 0 Å². The van der Waals surface area contributed by atoms with E-state index >= 15 is 0 Å². The first-order chi connectivity index (χ1) is 16.9. The minimum atomic E-state index is -0.524. The van der Waals surface area contributed by atoms with Gasteiger partial charge in [-0.3, -0.25) is 4.79 Å². The minimum Gasteiger partial charge on any atom is -0.493 e. The zero-order valence-electron chi connectivity index (χ0n) is 19.5. The molecule has 0 aliphatic rings. The number of hydrogen-bond acceptors (Lipinski definition) is 8. The monoisotopic (exact) mass is 542 g/mol. The number of methoxy groups -OCH3 is 4. The number of benzene rings is 3. The van der Waals surface area contributed by atoms with Crippen LogP contribution in [0.5, 0.6) is 28.7 Å². The van der Waals surface area contributed by atoms with Crippen LogP contribution < -0.4 is 29.1 Å². The van der Waals surface area contributed by atoms with Crippen LogP contribution in [0.25, 0.3) is 0 Å². The number of carbonyl (C=O) groups excluding carboxylic acids is 2. The Labute approximate surface area is 210 Å². The second-order valence-electron chi connectivity index (χ2n) is 6.92. The fourth-order valence-electron chi connectivity index (χ4n) is 3.07. The molecule has 0 fully saturated rings. The van der Waals surface area contributed by atoms with Crippen LogP contribution in [0.15, 0.2) is 64.2 Å². The molecule has 3 aromatic carbocycles. The molecule has 35 heavy (non-hydrogen) atoms. The summed E-state index contributed by atoms with van der Waals surface area (Å²) in [5, 5.41) is 3.99. The molecular formula is C25H23BrN2O7. The van der Waals surface area contributed by atoms with Crippen LogP contribution in [0.2, 0.25) is 0 Å². The maximum Gasteiger partial charge on any atom is 0.343 e. The Balaban J connectivity index is 1.71. The summed E-state index contributed by atoms with van der Waals surface area (Å²) in [5.41, 5.74) is 3.71. The predicted octanol–water partition coefficient (Wildman–Crippen LogP) is 4.47. The number of esters is 1. The fourth-order valence-corrected chi connectivity index (χ4v) is 3.46. The number of nitrogens with one attached hydrogen (secondary N) is 1.